The van der Waals surface area contributed by atoms with Crippen LogP contribution in [0.25, 0.3) is 17.1 Å². The lowest BCUT2D eigenvalue weighted by Gasteiger charge is -2.10. The van der Waals surface area contributed by atoms with Crippen molar-refractivity contribution in [2.24, 2.45) is 0 Å². The minimum atomic E-state index is -0.229. The summed E-state index contributed by atoms with van der Waals surface area (Å²) in [5.74, 6) is 1.28. The first kappa shape index (κ1) is 20.5. The normalized spacial score (nSPS) is 10.9. The van der Waals surface area contributed by atoms with E-state index in [0.717, 1.165) is 17.0 Å². The van der Waals surface area contributed by atoms with Crippen LogP contribution in [0, 0.1) is 6.92 Å². The second-order valence-electron chi connectivity index (χ2n) is 6.33. The summed E-state index contributed by atoms with van der Waals surface area (Å²) in [4.78, 5) is 12.5. The van der Waals surface area contributed by atoms with E-state index in [1.165, 1.54) is 11.8 Å². The Bertz CT molecular complexity index is 1190. The number of thioether (sulfide) groups is 1. The minimum absolute atomic E-state index is 0.123. The molecular formula is C21H16Cl2N4O2S. The number of anilines is 1. The zero-order valence-electron chi connectivity index (χ0n) is 15.8. The zero-order chi connectivity index (χ0) is 21.1. The van der Waals surface area contributed by atoms with Crippen LogP contribution in [0.4, 0.5) is 5.69 Å². The molecule has 4 aromatic rings. The summed E-state index contributed by atoms with van der Waals surface area (Å²) in [5.41, 5.74) is 2.20. The summed E-state index contributed by atoms with van der Waals surface area (Å²) >= 11 is 13.4. The monoisotopic (exact) mass is 458 g/mol. The van der Waals surface area contributed by atoms with Gasteiger partial charge in [0.2, 0.25) is 5.91 Å². The molecule has 2 aromatic carbocycles. The van der Waals surface area contributed by atoms with Gasteiger partial charge >= 0.3 is 0 Å². The topological polar surface area (TPSA) is 72.9 Å². The van der Waals surface area contributed by atoms with E-state index in [0.29, 0.717) is 26.7 Å². The van der Waals surface area contributed by atoms with E-state index in [4.69, 9.17) is 27.6 Å². The van der Waals surface area contributed by atoms with Crippen molar-refractivity contribution in [1.82, 2.24) is 14.8 Å². The molecule has 0 spiro atoms. The summed E-state index contributed by atoms with van der Waals surface area (Å²) < 4.78 is 7.33. The standard InChI is InChI=1S/C21H16Cl2N4O2S/c1-13-16(9-10-29-13)20-25-26-21(27(20)15-5-3-2-4-6-15)30-12-19(28)24-18-11-14(22)7-8-17(18)23/h2-11H,12H2,1H3,(H,24,28). The van der Waals surface area contributed by atoms with Crippen LogP contribution >= 0.6 is 35.0 Å². The van der Waals surface area contributed by atoms with Crippen molar-refractivity contribution in [2.75, 3.05) is 11.1 Å². The zero-order valence-corrected chi connectivity index (χ0v) is 18.1. The molecule has 2 heterocycles. The highest BCUT2D eigenvalue weighted by Crippen LogP contribution is 2.31. The molecule has 30 heavy (non-hydrogen) atoms. The number of hydrogen-bond donors (Lipinski definition) is 1. The number of carbonyl (C=O) groups excluding carboxylic acids is 1. The largest absolute Gasteiger partial charge is 0.469 e. The van der Waals surface area contributed by atoms with Crippen molar-refractivity contribution in [3.63, 3.8) is 0 Å². The Morgan fingerprint density at radius 2 is 1.93 bits per heavy atom. The fraction of sp³-hybridized carbons (Fsp3) is 0.0952. The smallest absolute Gasteiger partial charge is 0.234 e. The van der Waals surface area contributed by atoms with Gasteiger partial charge in [-0.2, -0.15) is 0 Å². The van der Waals surface area contributed by atoms with Gasteiger partial charge < -0.3 is 9.73 Å². The Morgan fingerprint density at radius 3 is 2.67 bits per heavy atom. The van der Waals surface area contributed by atoms with Gasteiger partial charge in [-0.3, -0.25) is 9.36 Å². The second kappa shape index (κ2) is 8.95. The second-order valence-corrected chi connectivity index (χ2v) is 8.11. The number of nitrogens with one attached hydrogen (secondary N) is 1. The first-order chi connectivity index (χ1) is 14.5. The van der Waals surface area contributed by atoms with Crippen molar-refractivity contribution in [3.05, 3.63) is 76.7 Å². The van der Waals surface area contributed by atoms with Crippen LogP contribution < -0.4 is 5.32 Å². The average molecular weight is 459 g/mol. The van der Waals surface area contributed by atoms with Gasteiger partial charge in [-0.15, -0.1) is 10.2 Å². The number of amides is 1. The molecule has 0 aliphatic rings. The van der Waals surface area contributed by atoms with Gasteiger partial charge in [0.25, 0.3) is 0 Å². The lowest BCUT2D eigenvalue weighted by Crippen LogP contribution is -2.15. The van der Waals surface area contributed by atoms with Gasteiger partial charge in [-0.1, -0.05) is 53.2 Å². The van der Waals surface area contributed by atoms with Crippen molar-refractivity contribution in [3.8, 4) is 17.1 Å². The van der Waals surface area contributed by atoms with Gasteiger partial charge in [0.1, 0.15) is 5.76 Å². The maximum atomic E-state index is 12.5. The Morgan fingerprint density at radius 1 is 1.13 bits per heavy atom. The maximum Gasteiger partial charge on any atom is 0.234 e. The predicted molar refractivity (Wildman–Crippen MR) is 120 cm³/mol. The number of benzene rings is 2. The van der Waals surface area contributed by atoms with E-state index in [1.54, 1.807) is 24.5 Å². The fourth-order valence-corrected chi connectivity index (χ4v) is 3.96. The number of para-hydroxylation sites is 1. The Hall–Kier alpha value is -2.74. The molecule has 0 saturated heterocycles. The third-order valence-corrected chi connectivity index (χ3v) is 5.78. The highest BCUT2D eigenvalue weighted by Gasteiger charge is 2.19. The third-order valence-electron chi connectivity index (χ3n) is 4.28. The SMILES string of the molecule is Cc1occc1-c1nnc(SCC(=O)Nc2cc(Cl)ccc2Cl)n1-c1ccccc1. The predicted octanol–water partition coefficient (Wildman–Crippen LogP) is 5.87. The lowest BCUT2D eigenvalue weighted by molar-refractivity contribution is -0.113. The van der Waals surface area contributed by atoms with E-state index in [1.807, 2.05) is 47.9 Å². The number of furan rings is 1. The number of carbonyl (C=O) groups is 1. The summed E-state index contributed by atoms with van der Waals surface area (Å²) in [6, 6.07) is 16.5. The van der Waals surface area contributed by atoms with Crippen molar-refractivity contribution in [2.45, 2.75) is 12.1 Å². The quantitative estimate of drug-likeness (QED) is 0.365. The molecule has 0 unspecified atom stereocenters. The number of hydrogen-bond acceptors (Lipinski definition) is 5. The molecule has 0 saturated carbocycles. The van der Waals surface area contributed by atoms with Gasteiger partial charge in [-0.05, 0) is 43.3 Å². The van der Waals surface area contributed by atoms with Gasteiger partial charge in [0, 0.05) is 10.7 Å². The molecule has 2 aromatic heterocycles. The van der Waals surface area contributed by atoms with Crippen LogP contribution in [0.5, 0.6) is 0 Å². The van der Waals surface area contributed by atoms with Gasteiger partial charge in [0.05, 0.1) is 28.3 Å². The molecule has 9 heteroatoms. The fourth-order valence-electron chi connectivity index (χ4n) is 2.87. The summed E-state index contributed by atoms with van der Waals surface area (Å²) in [5, 5.41) is 12.9. The summed E-state index contributed by atoms with van der Waals surface area (Å²) in [6.45, 7) is 1.87. The third kappa shape index (κ3) is 4.38. The first-order valence-corrected chi connectivity index (χ1v) is 10.7. The van der Waals surface area contributed by atoms with Crippen LogP contribution in [-0.2, 0) is 4.79 Å². The van der Waals surface area contributed by atoms with Crippen LogP contribution in [0.3, 0.4) is 0 Å². The summed E-state index contributed by atoms with van der Waals surface area (Å²) in [7, 11) is 0. The average Bonchev–Trinajstić information content (AvgIpc) is 3.35. The van der Waals surface area contributed by atoms with E-state index < -0.39 is 0 Å². The van der Waals surface area contributed by atoms with Crippen molar-refractivity contribution < 1.29 is 9.21 Å². The van der Waals surface area contributed by atoms with Gasteiger partial charge in [-0.25, -0.2) is 0 Å². The molecule has 0 atom stereocenters. The Labute approximate surface area is 187 Å². The number of halogens is 2. The first-order valence-electron chi connectivity index (χ1n) is 8.96. The van der Waals surface area contributed by atoms with Crippen LogP contribution in [0.15, 0.2) is 70.4 Å². The van der Waals surface area contributed by atoms with Crippen molar-refractivity contribution in [1.29, 1.82) is 0 Å². The van der Waals surface area contributed by atoms with Gasteiger partial charge in [0.15, 0.2) is 11.0 Å². The van der Waals surface area contributed by atoms with E-state index in [-0.39, 0.29) is 11.7 Å². The molecule has 0 aliphatic heterocycles. The Balaban J connectivity index is 1.59. The summed E-state index contributed by atoms with van der Waals surface area (Å²) in [6.07, 6.45) is 1.61. The van der Waals surface area contributed by atoms with E-state index in [2.05, 4.69) is 15.5 Å². The molecule has 0 fully saturated rings. The molecule has 1 amide bonds. The maximum absolute atomic E-state index is 12.5. The molecule has 0 bridgehead atoms. The Kier molecular flexibility index (Phi) is 6.13. The molecule has 152 valence electrons. The highest BCUT2D eigenvalue weighted by molar-refractivity contribution is 7.99. The van der Waals surface area contributed by atoms with Crippen LogP contribution in [0.1, 0.15) is 5.76 Å². The number of aryl methyl sites for hydroxylation is 1. The molecular weight excluding hydrogens is 443 g/mol. The van der Waals surface area contributed by atoms with Crippen LogP contribution in [-0.4, -0.2) is 26.4 Å². The molecule has 6 nitrogen and oxygen atoms in total. The number of nitrogens with zero attached hydrogens (tertiary/aromatic N) is 3. The minimum Gasteiger partial charge on any atom is -0.469 e. The van der Waals surface area contributed by atoms with E-state index >= 15 is 0 Å². The lowest BCUT2D eigenvalue weighted by atomic mass is 10.2. The number of rotatable bonds is 6. The van der Waals surface area contributed by atoms with E-state index in [9.17, 15) is 4.79 Å². The highest BCUT2D eigenvalue weighted by atomic mass is 35.5. The van der Waals surface area contributed by atoms with Crippen LogP contribution in [0.2, 0.25) is 10.0 Å². The number of aromatic nitrogens is 3. The molecule has 4 rings (SSSR count). The van der Waals surface area contributed by atoms with Crippen molar-refractivity contribution >= 4 is 46.6 Å². The molecule has 0 aliphatic carbocycles. The molecule has 1 N–H and O–H groups in total. The molecule has 0 radical (unpaired) electrons.